The molecule has 17 heavy (non-hydrogen) atoms. The lowest BCUT2D eigenvalue weighted by atomic mass is 10.1. The number of hydrogen-bond donors (Lipinski definition) is 1. The topological polar surface area (TPSA) is 59.2 Å². The first kappa shape index (κ1) is 13.3. The summed E-state index contributed by atoms with van der Waals surface area (Å²) in [5.74, 6) is -0.939. The highest BCUT2D eigenvalue weighted by Gasteiger charge is 2.34. The second-order valence-corrected chi connectivity index (χ2v) is 3.29. The van der Waals surface area contributed by atoms with Crippen molar-refractivity contribution in [2.45, 2.75) is 20.0 Å². The summed E-state index contributed by atoms with van der Waals surface area (Å²) in [7, 11) is 0. The third-order valence-corrected chi connectivity index (χ3v) is 2.02. The number of hydrogen-bond acceptors (Lipinski definition) is 3. The molecule has 1 rings (SSSR count). The van der Waals surface area contributed by atoms with Gasteiger partial charge in [-0.3, -0.25) is 4.79 Å². The number of ether oxygens (including phenoxy) is 1. The predicted molar refractivity (Wildman–Crippen MR) is 52.8 cm³/mol. The van der Waals surface area contributed by atoms with E-state index in [4.69, 9.17) is 0 Å². The minimum atomic E-state index is -4.66. The zero-order valence-corrected chi connectivity index (χ0v) is 9.14. The van der Waals surface area contributed by atoms with E-state index in [1.54, 1.807) is 4.98 Å². The van der Waals surface area contributed by atoms with Crippen LogP contribution >= 0.6 is 0 Å². The molecule has 0 spiro atoms. The van der Waals surface area contributed by atoms with Gasteiger partial charge < -0.3 is 9.72 Å². The van der Waals surface area contributed by atoms with Crippen molar-refractivity contribution >= 4 is 5.97 Å². The lowest BCUT2D eigenvalue weighted by Crippen LogP contribution is -2.25. The van der Waals surface area contributed by atoms with Gasteiger partial charge >= 0.3 is 12.1 Å². The molecule has 1 N–H and O–H groups in total. The quantitative estimate of drug-likeness (QED) is 0.814. The van der Waals surface area contributed by atoms with Crippen molar-refractivity contribution in [2.75, 3.05) is 6.61 Å². The lowest BCUT2D eigenvalue weighted by molar-refractivity contribution is -0.141. The van der Waals surface area contributed by atoms with Crippen LogP contribution in [-0.2, 0) is 10.9 Å². The molecule has 0 aliphatic carbocycles. The minimum absolute atomic E-state index is 0.0400. The van der Waals surface area contributed by atoms with Gasteiger partial charge in [0, 0.05) is 0 Å². The molecule has 1 heterocycles. The van der Waals surface area contributed by atoms with Gasteiger partial charge in [0.2, 0.25) is 0 Å². The Kier molecular flexibility index (Phi) is 3.59. The largest absolute Gasteiger partial charge is 0.462 e. The van der Waals surface area contributed by atoms with Gasteiger partial charge in [-0.2, -0.15) is 13.2 Å². The summed E-state index contributed by atoms with van der Waals surface area (Å²) in [4.78, 5) is 24.2. The Morgan fingerprint density at radius 3 is 2.53 bits per heavy atom. The van der Waals surface area contributed by atoms with Crippen LogP contribution in [0.25, 0.3) is 0 Å². The molecule has 0 unspecified atom stereocenters. The molecule has 0 saturated heterocycles. The normalized spacial score (nSPS) is 11.4. The number of carbonyl (C=O) groups excluding carboxylic acids is 1. The summed E-state index contributed by atoms with van der Waals surface area (Å²) in [6, 6.07) is 0.875. The van der Waals surface area contributed by atoms with E-state index in [-0.39, 0.29) is 12.2 Å². The molecule has 0 aliphatic heterocycles. The number of pyridine rings is 1. The van der Waals surface area contributed by atoms with Gasteiger partial charge in [0.25, 0.3) is 5.56 Å². The van der Waals surface area contributed by atoms with E-state index < -0.39 is 29.0 Å². The lowest BCUT2D eigenvalue weighted by Gasteiger charge is -2.10. The molecule has 4 nitrogen and oxygen atoms in total. The van der Waals surface area contributed by atoms with Gasteiger partial charge in [0.15, 0.2) is 0 Å². The van der Waals surface area contributed by atoms with Gasteiger partial charge in [-0.25, -0.2) is 4.79 Å². The second kappa shape index (κ2) is 4.60. The Balaban J connectivity index is 3.29. The number of aryl methyl sites for hydroxylation is 1. The fraction of sp³-hybridized carbons (Fsp3) is 0.400. The van der Waals surface area contributed by atoms with E-state index in [1.807, 2.05) is 0 Å². The number of alkyl halides is 3. The zero-order valence-electron chi connectivity index (χ0n) is 9.14. The van der Waals surface area contributed by atoms with Crippen molar-refractivity contribution in [3.63, 3.8) is 0 Å². The SMILES string of the molecule is CCOC(=O)c1cc(C)c(C(F)(F)F)[nH]c1=O. The van der Waals surface area contributed by atoms with E-state index >= 15 is 0 Å². The van der Waals surface area contributed by atoms with E-state index in [0.29, 0.717) is 0 Å². The van der Waals surface area contributed by atoms with Crippen molar-refractivity contribution in [3.8, 4) is 0 Å². The fourth-order valence-corrected chi connectivity index (χ4v) is 1.29. The number of nitrogens with one attached hydrogen (secondary N) is 1. The Morgan fingerprint density at radius 1 is 1.47 bits per heavy atom. The highest BCUT2D eigenvalue weighted by molar-refractivity contribution is 5.89. The van der Waals surface area contributed by atoms with Crippen molar-refractivity contribution in [1.82, 2.24) is 4.98 Å². The van der Waals surface area contributed by atoms with Gasteiger partial charge in [0.05, 0.1) is 6.61 Å². The molecular formula is C10H10F3NO3. The van der Waals surface area contributed by atoms with Gasteiger partial charge in [-0.05, 0) is 25.5 Å². The summed E-state index contributed by atoms with van der Waals surface area (Å²) in [6.07, 6.45) is -4.66. The Morgan fingerprint density at radius 2 is 2.06 bits per heavy atom. The van der Waals surface area contributed by atoms with Gasteiger partial charge in [-0.15, -0.1) is 0 Å². The minimum Gasteiger partial charge on any atom is -0.462 e. The van der Waals surface area contributed by atoms with Crippen LogP contribution in [0.3, 0.4) is 0 Å². The molecule has 0 bridgehead atoms. The fourth-order valence-electron chi connectivity index (χ4n) is 1.29. The molecule has 1 aromatic rings. The Hall–Kier alpha value is -1.79. The predicted octanol–water partition coefficient (Wildman–Crippen LogP) is 1.88. The number of aromatic amines is 1. The van der Waals surface area contributed by atoms with Crippen LogP contribution in [0.2, 0.25) is 0 Å². The molecule has 94 valence electrons. The molecule has 0 aromatic carbocycles. The van der Waals surface area contributed by atoms with E-state index in [0.717, 1.165) is 13.0 Å². The van der Waals surface area contributed by atoms with Crippen molar-refractivity contribution in [2.24, 2.45) is 0 Å². The van der Waals surface area contributed by atoms with Gasteiger partial charge in [-0.1, -0.05) is 0 Å². The third kappa shape index (κ3) is 2.86. The maximum Gasteiger partial charge on any atom is 0.431 e. The van der Waals surface area contributed by atoms with Crippen LogP contribution in [0.15, 0.2) is 10.9 Å². The molecule has 0 amide bonds. The molecule has 0 atom stereocenters. The van der Waals surface area contributed by atoms with E-state index in [9.17, 15) is 22.8 Å². The summed E-state index contributed by atoms with van der Waals surface area (Å²) in [5.41, 5.74) is -2.94. The third-order valence-electron chi connectivity index (χ3n) is 2.02. The first-order valence-corrected chi connectivity index (χ1v) is 4.75. The van der Waals surface area contributed by atoms with Crippen LogP contribution in [-0.4, -0.2) is 17.6 Å². The van der Waals surface area contributed by atoms with Gasteiger partial charge in [0.1, 0.15) is 11.3 Å². The maximum atomic E-state index is 12.4. The zero-order chi connectivity index (χ0) is 13.2. The van der Waals surface area contributed by atoms with Crippen LogP contribution in [0.5, 0.6) is 0 Å². The van der Waals surface area contributed by atoms with Crippen LogP contribution < -0.4 is 5.56 Å². The molecule has 0 fully saturated rings. The number of esters is 1. The number of H-pyrrole nitrogens is 1. The molecule has 0 aliphatic rings. The van der Waals surface area contributed by atoms with E-state index in [1.165, 1.54) is 6.92 Å². The number of rotatable bonds is 2. The smallest absolute Gasteiger partial charge is 0.431 e. The first-order chi connectivity index (χ1) is 7.77. The summed E-state index contributed by atoms with van der Waals surface area (Å²) < 4.78 is 41.8. The molecule has 1 aromatic heterocycles. The average molecular weight is 249 g/mol. The number of carbonyl (C=O) groups is 1. The standard InChI is InChI=1S/C10H10F3NO3/c1-3-17-9(16)6-4-5(2)7(10(11,12)13)14-8(6)15/h4H,3H2,1-2H3,(H,14,15). The highest BCUT2D eigenvalue weighted by Crippen LogP contribution is 2.29. The average Bonchev–Trinajstić information content (AvgIpc) is 2.19. The molecule has 0 radical (unpaired) electrons. The van der Waals surface area contributed by atoms with E-state index in [2.05, 4.69) is 4.74 Å². The maximum absolute atomic E-state index is 12.4. The monoisotopic (exact) mass is 249 g/mol. The van der Waals surface area contributed by atoms with Crippen molar-refractivity contribution in [3.05, 3.63) is 33.2 Å². The summed E-state index contributed by atoms with van der Waals surface area (Å²) in [5, 5.41) is 0. The summed E-state index contributed by atoms with van der Waals surface area (Å²) in [6.45, 7) is 2.73. The van der Waals surface area contributed by atoms with Crippen LogP contribution in [0.1, 0.15) is 28.5 Å². The first-order valence-electron chi connectivity index (χ1n) is 4.75. The highest BCUT2D eigenvalue weighted by atomic mass is 19.4. The van der Waals surface area contributed by atoms with Crippen molar-refractivity contribution < 1.29 is 22.7 Å². The Labute approximate surface area is 94.4 Å². The number of halogens is 3. The van der Waals surface area contributed by atoms with Crippen LogP contribution in [0.4, 0.5) is 13.2 Å². The Bertz CT molecular complexity index is 491. The summed E-state index contributed by atoms with van der Waals surface area (Å²) >= 11 is 0. The van der Waals surface area contributed by atoms with Crippen LogP contribution in [0, 0.1) is 6.92 Å². The second-order valence-electron chi connectivity index (χ2n) is 3.29. The molecule has 0 saturated carbocycles. The molecule has 7 heteroatoms. The number of aromatic nitrogens is 1. The molecular weight excluding hydrogens is 239 g/mol. The van der Waals surface area contributed by atoms with Crippen molar-refractivity contribution in [1.29, 1.82) is 0 Å².